The summed E-state index contributed by atoms with van der Waals surface area (Å²) in [6.45, 7) is 4.32. The molecule has 3 aromatic heterocycles. The van der Waals surface area contributed by atoms with E-state index in [4.69, 9.17) is 4.42 Å². The smallest absolute Gasteiger partial charge is 0.255 e. The first-order valence-corrected chi connectivity index (χ1v) is 8.64. The summed E-state index contributed by atoms with van der Waals surface area (Å²) in [5.74, 6) is 1.06. The summed E-state index contributed by atoms with van der Waals surface area (Å²) in [5.41, 5.74) is 1.80. The van der Waals surface area contributed by atoms with E-state index in [1.54, 1.807) is 11.6 Å². The van der Waals surface area contributed by atoms with Crippen molar-refractivity contribution in [2.45, 2.75) is 38.8 Å². The Kier molecular flexibility index (Phi) is 3.71. The van der Waals surface area contributed by atoms with Gasteiger partial charge in [-0.3, -0.25) is 9.48 Å². The normalized spacial score (nSPS) is 15.2. The van der Waals surface area contributed by atoms with Gasteiger partial charge < -0.3 is 14.6 Å². The fourth-order valence-corrected chi connectivity index (χ4v) is 3.15. The van der Waals surface area contributed by atoms with Gasteiger partial charge in [0.1, 0.15) is 17.9 Å². The van der Waals surface area contributed by atoms with Crippen molar-refractivity contribution in [3.63, 3.8) is 0 Å². The molecule has 1 N–H and O–H groups in total. The van der Waals surface area contributed by atoms with Gasteiger partial charge in [0.25, 0.3) is 5.91 Å². The molecule has 1 aliphatic rings. The lowest BCUT2D eigenvalue weighted by Crippen LogP contribution is -2.32. The SMILES string of the molecule is Cc1oc2ncnc(N(C)C3(C)CC3)c2c1C(=O)NCc1ccn(C)n1. The van der Waals surface area contributed by atoms with Crippen molar-refractivity contribution >= 4 is 22.8 Å². The van der Waals surface area contributed by atoms with E-state index in [2.05, 4.69) is 32.2 Å². The van der Waals surface area contributed by atoms with Gasteiger partial charge in [-0.05, 0) is 32.8 Å². The summed E-state index contributed by atoms with van der Waals surface area (Å²) in [6.07, 6.45) is 5.54. The highest BCUT2D eigenvalue weighted by Crippen LogP contribution is 2.44. The molecule has 0 atom stereocenters. The second kappa shape index (κ2) is 5.82. The van der Waals surface area contributed by atoms with E-state index in [0.717, 1.165) is 24.4 Å². The van der Waals surface area contributed by atoms with Crippen LogP contribution in [0.1, 0.15) is 41.6 Å². The number of amides is 1. The summed E-state index contributed by atoms with van der Waals surface area (Å²) < 4.78 is 7.45. The van der Waals surface area contributed by atoms with Gasteiger partial charge in [0, 0.05) is 25.8 Å². The number of carbonyl (C=O) groups is 1. The number of nitrogens with zero attached hydrogens (tertiary/aromatic N) is 5. The molecule has 0 aromatic carbocycles. The molecule has 0 saturated heterocycles. The standard InChI is InChI=1S/C18H22N6O2/c1-11-13(16(25)19-9-12-5-8-23(3)22-12)14-15(20-10-21-17(14)26-11)24(4)18(2)6-7-18/h5,8,10H,6-7,9H2,1-4H3,(H,19,25). The largest absolute Gasteiger partial charge is 0.442 e. The molecule has 3 aromatic rings. The Morgan fingerprint density at radius 2 is 2.19 bits per heavy atom. The molecule has 8 heteroatoms. The molecule has 0 bridgehead atoms. The van der Waals surface area contributed by atoms with Crippen LogP contribution in [0.25, 0.3) is 11.1 Å². The third kappa shape index (κ3) is 2.71. The molecule has 1 fully saturated rings. The second-order valence-corrected chi connectivity index (χ2v) is 7.13. The Labute approximate surface area is 151 Å². The van der Waals surface area contributed by atoms with Crippen LogP contribution in [-0.4, -0.2) is 38.2 Å². The van der Waals surface area contributed by atoms with E-state index in [1.807, 2.05) is 26.4 Å². The maximum Gasteiger partial charge on any atom is 0.255 e. The van der Waals surface area contributed by atoms with E-state index < -0.39 is 0 Å². The lowest BCUT2D eigenvalue weighted by molar-refractivity contribution is 0.0950. The minimum absolute atomic E-state index is 0.0775. The highest BCUT2D eigenvalue weighted by atomic mass is 16.3. The highest BCUT2D eigenvalue weighted by molar-refractivity contribution is 6.10. The van der Waals surface area contributed by atoms with Gasteiger partial charge in [-0.2, -0.15) is 5.10 Å². The van der Waals surface area contributed by atoms with Crippen LogP contribution in [0.5, 0.6) is 0 Å². The van der Waals surface area contributed by atoms with Crippen molar-refractivity contribution in [2.75, 3.05) is 11.9 Å². The highest BCUT2D eigenvalue weighted by Gasteiger charge is 2.43. The average molecular weight is 354 g/mol. The number of nitrogens with one attached hydrogen (secondary N) is 1. The quantitative estimate of drug-likeness (QED) is 0.755. The van der Waals surface area contributed by atoms with Crippen LogP contribution in [0, 0.1) is 6.92 Å². The Balaban J connectivity index is 1.69. The molecule has 0 aliphatic heterocycles. The lowest BCUT2D eigenvalue weighted by Gasteiger charge is -2.26. The van der Waals surface area contributed by atoms with Crippen LogP contribution in [-0.2, 0) is 13.6 Å². The van der Waals surface area contributed by atoms with Gasteiger partial charge in [-0.25, -0.2) is 9.97 Å². The van der Waals surface area contributed by atoms with Gasteiger partial charge >= 0.3 is 0 Å². The number of anilines is 1. The van der Waals surface area contributed by atoms with E-state index in [9.17, 15) is 4.79 Å². The first kappa shape index (κ1) is 16.6. The molecule has 0 spiro atoms. The van der Waals surface area contributed by atoms with Crippen molar-refractivity contribution in [1.82, 2.24) is 25.1 Å². The molecule has 1 saturated carbocycles. The fourth-order valence-electron chi connectivity index (χ4n) is 3.15. The van der Waals surface area contributed by atoms with Crippen molar-refractivity contribution in [1.29, 1.82) is 0 Å². The van der Waals surface area contributed by atoms with Crippen LogP contribution in [0.15, 0.2) is 23.0 Å². The zero-order valence-corrected chi connectivity index (χ0v) is 15.4. The summed E-state index contributed by atoms with van der Waals surface area (Å²) >= 11 is 0. The van der Waals surface area contributed by atoms with Crippen LogP contribution in [0.2, 0.25) is 0 Å². The number of hydrogen-bond acceptors (Lipinski definition) is 6. The van der Waals surface area contributed by atoms with Crippen LogP contribution >= 0.6 is 0 Å². The number of furan rings is 1. The van der Waals surface area contributed by atoms with E-state index in [-0.39, 0.29) is 11.4 Å². The van der Waals surface area contributed by atoms with Gasteiger partial charge in [-0.1, -0.05) is 0 Å². The third-order valence-corrected chi connectivity index (χ3v) is 5.17. The zero-order valence-electron chi connectivity index (χ0n) is 15.4. The average Bonchev–Trinajstić information content (AvgIpc) is 3.07. The molecular formula is C18H22N6O2. The Bertz CT molecular complexity index is 985. The summed E-state index contributed by atoms with van der Waals surface area (Å²) in [4.78, 5) is 23.7. The maximum absolute atomic E-state index is 12.9. The summed E-state index contributed by atoms with van der Waals surface area (Å²) in [5, 5.41) is 7.87. The molecule has 1 amide bonds. The molecule has 8 nitrogen and oxygen atoms in total. The molecular weight excluding hydrogens is 332 g/mol. The van der Waals surface area contributed by atoms with Crippen molar-refractivity contribution < 1.29 is 9.21 Å². The fraction of sp³-hybridized carbons (Fsp3) is 0.444. The molecule has 0 unspecified atom stereocenters. The van der Waals surface area contributed by atoms with E-state index in [1.165, 1.54) is 6.33 Å². The van der Waals surface area contributed by atoms with Crippen LogP contribution in [0.3, 0.4) is 0 Å². The first-order valence-electron chi connectivity index (χ1n) is 8.64. The molecule has 136 valence electrons. The van der Waals surface area contributed by atoms with Crippen LogP contribution < -0.4 is 10.2 Å². The third-order valence-electron chi connectivity index (χ3n) is 5.17. The second-order valence-electron chi connectivity index (χ2n) is 7.13. The lowest BCUT2D eigenvalue weighted by atomic mass is 10.1. The van der Waals surface area contributed by atoms with Crippen LogP contribution in [0.4, 0.5) is 5.82 Å². The number of hydrogen-bond donors (Lipinski definition) is 1. The number of aromatic nitrogens is 4. The number of aryl methyl sites for hydroxylation is 2. The first-order chi connectivity index (χ1) is 12.4. The zero-order chi connectivity index (χ0) is 18.5. The van der Waals surface area contributed by atoms with Gasteiger partial charge in [-0.15, -0.1) is 0 Å². The Morgan fingerprint density at radius 3 is 2.85 bits per heavy atom. The minimum atomic E-state index is -0.211. The van der Waals surface area contributed by atoms with Gasteiger partial charge in [0.15, 0.2) is 0 Å². The van der Waals surface area contributed by atoms with Crippen molar-refractivity contribution in [2.24, 2.45) is 7.05 Å². The minimum Gasteiger partial charge on any atom is -0.442 e. The molecule has 26 heavy (non-hydrogen) atoms. The van der Waals surface area contributed by atoms with Crippen molar-refractivity contribution in [3.05, 3.63) is 35.6 Å². The number of rotatable bonds is 5. The number of carbonyl (C=O) groups excluding carboxylic acids is 1. The summed E-state index contributed by atoms with van der Waals surface area (Å²) in [6, 6.07) is 1.87. The molecule has 3 heterocycles. The maximum atomic E-state index is 12.9. The monoisotopic (exact) mass is 354 g/mol. The number of fused-ring (bicyclic) bond motifs is 1. The van der Waals surface area contributed by atoms with E-state index >= 15 is 0 Å². The van der Waals surface area contributed by atoms with E-state index in [0.29, 0.717) is 29.0 Å². The Morgan fingerprint density at radius 1 is 1.42 bits per heavy atom. The molecule has 4 rings (SSSR count). The summed E-state index contributed by atoms with van der Waals surface area (Å²) in [7, 11) is 3.85. The van der Waals surface area contributed by atoms with Gasteiger partial charge in [0.05, 0.1) is 23.2 Å². The topological polar surface area (TPSA) is 89.1 Å². The Hall–Kier alpha value is -2.90. The van der Waals surface area contributed by atoms with Gasteiger partial charge in [0.2, 0.25) is 5.71 Å². The van der Waals surface area contributed by atoms with Crippen molar-refractivity contribution in [3.8, 4) is 0 Å². The predicted octanol–water partition coefficient (Wildman–Crippen LogP) is 2.18. The molecule has 0 radical (unpaired) electrons. The molecule has 1 aliphatic carbocycles. The predicted molar refractivity (Wildman–Crippen MR) is 97.0 cm³/mol.